The highest BCUT2D eigenvalue weighted by Crippen LogP contribution is 2.32. The number of carbonyl (C=O) groups excluding carboxylic acids is 2. The zero-order valence-electron chi connectivity index (χ0n) is 16.7. The molecule has 2 aromatic rings. The van der Waals surface area contributed by atoms with Crippen molar-refractivity contribution in [3.05, 3.63) is 64.9 Å². The first-order valence-corrected chi connectivity index (χ1v) is 10.7. The monoisotopic (exact) mass is 429 g/mol. The fraction of sp³-hybridized carbons (Fsp3) is 0.391. The topological polar surface area (TPSA) is 52.7 Å². The molecule has 2 fully saturated rings. The number of piperidine rings is 2. The zero-order chi connectivity index (χ0) is 21.1. The van der Waals surface area contributed by atoms with Crippen molar-refractivity contribution in [2.45, 2.75) is 25.3 Å². The van der Waals surface area contributed by atoms with Crippen molar-refractivity contribution in [1.29, 1.82) is 0 Å². The number of carbonyl (C=O) groups is 2. The van der Waals surface area contributed by atoms with E-state index in [-0.39, 0.29) is 23.7 Å². The van der Waals surface area contributed by atoms with Crippen molar-refractivity contribution < 1.29 is 14.0 Å². The van der Waals surface area contributed by atoms with Gasteiger partial charge in [-0.2, -0.15) is 0 Å². The maximum absolute atomic E-state index is 13.1. The average Bonchev–Trinajstić information content (AvgIpc) is 2.74. The maximum Gasteiger partial charge on any atom is 0.254 e. The minimum Gasteiger partial charge on any atom is -0.335 e. The molecule has 1 N–H and O–H groups in total. The highest BCUT2D eigenvalue weighted by Gasteiger charge is 2.38. The molecule has 2 aromatic carbocycles. The maximum atomic E-state index is 13.1. The second-order valence-corrected chi connectivity index (χ2v) is 8.49. The normalized spacial score (nSPS) is 21.7. The summed E-state index contributed by atoms with van der Waals surface area (Å²) in [7, 11) is 0. The van der Waals surface area contributed by atoms with Gasteiger partial charge in [-0.1, -0.05) is 17.7 Å². The van der Waals surface area contributed by atoms with E-state index in [2.05, 4.69) is 10.2 Å². The Hall–Kier alpha value is -2.44. The summed E-state index contributed by atoms with van der Waals surface area (Å²) in [5.41, 5.74) is 1.22. The van der Waals surface area contributed by atoms with Crippen LogP contribution in [0.25, 0.3) is 0 Å². The molecule has 0 bridgehead atoms. The fourth-order valence-electron chi connectivity index (χ4n) is 4.60. The lowest BCUT2D eigenvalue weighted by Crippen LogP contribution is -2.56. The molecule has 30 heavy (non-hydrogen) atoms. The van der Waals surface area contributed by atoms with E-state index in [0.717, 1.165) is 38.9 Å². The predicted octanol–water partition coefficient (Wildman–Crippen LogP) is 4.04. The largest absolute Gasteiger partial charge is 0.335 e. The second kappa shape index (κ2) is 9.14. The number of hydrogen-bond donors (Lipinski definition) is 1. The molecule has 0 saturated carbocycles. The van der Waals surface area contributed by atoms with E-state index >= 15 is 0 Å². The van der Waals surface area contributed by atoms with Gasteiger partial charge in [0.1, 0.15) is 5.82 Å². The number of benzene rings is 2. The Morgan fingerprint density at radius 1 is 1.10 bits per heavy atom. The van der Waals surface area contributed by atoms with E-state index in [0.29, 0.717) is 28.7 Å². The van der Waals surface area contributed by atoms with Gasteiger partial charge in [-0.3, -0.25) is 14.5 Å². The van der Waals surface area contributed by atoms with Crippen LogP contribution in [0.15, 0.2) is 48.5 Å². The molecule has 2 unspecified atom stereocenters. The number of nitrogens with one attached hydrogen (secondary N) is 1. The van der Waals surface area contributed by atoms with Gasteiger partial charge in [-0.05, 0) is 67.6 Å². The van der Waals surface area contributed by atoms with Crippen LogP contribution in [0.3, 0.4) is 0 Å². The second-order valence-electron chi connectivity index (χ2n) is 8.06. The van der Waals surface area contributed by atoms with Crippen molar-refractivity contribution in [3.8, 4) is 0 Å². The summed E-state index contributed by atoms with van der Waals surface area (Å²) in [5, 5.41) is 3.38. The lowest BCUT2D eigenvalue weighted by Gasteiger charge is -2.47. The molecule has 7 heteroatoms. The molecule has 0 aliphatic carbocycles. The third kappa shape index (κ3) is 4.82. The molecule has 158 valence electrons. The number of anilines is 1. The van der Waals surface area contributed by atoms with Crippen LogP contribution in [0, 0.1) is 11.7 Å². The van der Waals surface area contributed by atoms with Crippen molar-refractivity contribution in [2.75, 3.05) is 31.5 Å². The molecule has 2 aliphatic rings. The van der Waals surface area contributed by atoms with Gasteiger partial charge in [0.15, 0.2) is 0 Å². The first-order chi connectivity index (χ1) is 14.5. The van der Waals surface area contributed by atoms with Gasteiger partial charge in [0.05, 0.1) is 6.54 Å². The molecule has 4 rings (SSSR count). The van der Waals surface area contributed by atoms with Crippen molar-refractivity contribution in [2.24, 2.45) is 5.92 Å². The number of rotatable bonds is 4. The van der Waals surface area contributed by atoms with Gasteiger partial charge in [0.25, 0.3) is 5.91 Å². The lowest BCUT2D eigenvalue weighted by atomic mass is 9.83. The SMILES string of the molecule is O=C(CN1CCC2C(CCCN2C(=O)c2cccc(Cl)c2)C1)Nc1ccc(F)cc1. The lowest BCUT2D eigenvalue weighted by molar-refractivity contribution is -0.118. The van der Waals surface area contributed by atoms with Gasteiger partial charge in [0, 0.05) is 41.9 Å². The van der Waals surface area contributed by atoms with Crippen LogP contribution in [0.1, 0.15) is 29.6 Å². The summed E-state index contributed by atoms with van der Waals surface area (Å²) < 4.78 is 13.0. The molecule has 2 heterocycles. The Bertz CT molecular complexity index is 921. The van der Waals surface area contributed by atoms with E-state index in [1.165, 1.54) is 12.1 Å². The molecule has 0 radical (unpaired) electrons. The van der Waals surface area contributed by atoms with E-state index < -0.39 is 0 Å². The highest BCUT2D eigenvalue weighted by molar-refractivity contribution is 6.30. The Kier molecular flexibility index (Phi) is 6.35. The van der Waals surface area contributed by atoms with Crippen LogP contribution in [0.2, 0.25) is 5.02 Å². The molecular formula is C23H25ClFN3O2. The molecule has 2 amide bonds. The number of likely N-dealkylation sites (tertiary alicyclic amines) is 2. The first kappa shape index (κ1) is 20.8. The van der Waals surface area contributed by atoms with Crippen molar-refractivity contribution in [3.63, 3.8) is 0 Å². The summed E-state index contributed by atoms with van der Waals surface area (Å²) >= 11 is 6.06. The van der Waals surface area contributed by atoms with E-state index in [1.54, 1.807) is 30.3 Å². The number of hydrogen-bond acceptors (Lipinski definition) is 3. The van der Waals surface area contributed by atoms with Gasteiger partial charge in [-0.15, -0.1) is 0 Å². The number of nitrogens with zero attached hydrogens (tertiary/aromatic N) is 2. The molecule has 0 spiro atoms. The van der Waals surface area contributed by atoms with Crippen LogP contribution in [-0.2, 0) is 4.79 Å². The number of halogens is 2. The minimum atomic E-state index is -0.329. The van der Waals surface area contributed by atoms with Crippen LogP contribution >= 0.6 is 11.6 Å². The third-order valence-electron chi connectivity index (χ3n) is 5.98. The Morgan fingerprint density at radius 3 is 2.67 bits per heavy atom. The molecule has 2 atom stereocenters. The van der Waals surface area contributed by atoms with Gasteiger partial charge < -0.3 is 10.2 Å². The predicted molar refractivity (Wildman–Crippen MR) is 115 cm³/mol. The van der Waals surface area contributed by atoms with Crippen LogP contribution in [-0.4, -0.2) is 53.8 Å². The Balaban J connectivity index is 1.35. The smallest absolute Gasteiger partial charge is 0.254 e. The number of fused-ring (bicyclic) bond motifs is 1. The molecule has 0 aromatic heterocycles. The van der Waals surface area contributed by atoms with E-state index in [1.807, 2.05) is 11.0 Å². The third-order valence-corrected chi connectivity index (χ3v) is 6.21. The Labute approximate surface area is 180 Å². The minimum absolute atomic E-state index is 0.0368. The quantitative estimate of drug-likeness (QED) is 0.797. The van der Waals surface area contributed by atoms with Gasteiger partial charge in [0.2, 0.25) is 5.91 Å². The summed E-state index contributed by atoms with van der Waals surface area (Å²) in [6.07, 6.45) is 2.87. The molecular weight excluding hydrogens is 405 g/mol. The first-order valence-electron chi connectivity index (χ1n) is 10.3. The van der Waals surface area contributed by atoms with E-state index in [4.69, 9.17) is 11.6 Å². The zero-order valence-corrected chi connectivity index (χ0v) is 17.4. The summed E-state index contributed by atoms with van der Waals surface area (Å²) in [5.74, 6) is -0.0454. The van der Waals surface area contributed by atoms with Crippen molar-refractivity contribution >= 4 is 29.1 Å². The Morgan fingerprint density at radius 2 is 1.90 bits per heavy atom. The van der Waals surface area contributed by atoms with Crippen LogP contribution < -0.4 is 5.32 Å². The van der Waals surface area contributed by atoms with Gasteiger partial charge in [-0.25, -0.2) is 4.39 Å². The summed E-state index contributed by atoms with van der Waals surface area (Å²) in [6, 6.07) is 13.1. The average molecular weight is 430 g/mol. The van der Waals surface area contributed by atoms with Crippen LogP contribution in [0.5, 0.6) is 0 Å². The molecule has 2 aliphatic heterocycles. The summed E-state index contributed by atoms with van der Waals surface area (Å²) in [4.78, 5) is 29.6. The highest BCUT2D eigenvalue weighted by atomic mass is 35.5. The van der Waals surface area contributed by atoms with Gasteiger partial charge >= 0.3 is 0 Å². The van der Waals surface area contributed by atoms with Crippen molar-refractivity contribution in [1.82, 2.24) is 9.80 Å². The standard InChI is InChI=1S/C23H25ClFN3O2/c24-18-5-1-3-16(13-18)23(30)28-11-2-4-17-14-27(12-10-21(17)28)15-22(29)26-20-8-6-19(25)7-9-20/h1,3,5-9,13,17,21H,2,4,10-12,14-15H2,(H,26,29). The molecule has 5 nitrogen and oxygen atoms in total. The number of amides is 2. The van der Waals surface area contributed by atoms with Crippen LogP contribution in [0.4, 0.5) is 10.1 Å². The molecule has 2 saturated heterocycles. The fourth-order valence-corrected chi connectivity index (χ4v) is 4.79. The summed E-state index contributed by atoms with van der Waals surface area (Å²) in [6.45, 7) is 2.61. The van der Waals surface area contributed by atoms with E-state index in [9.17, 15) is 14.0 Å².